The number of nitrogens with zero attached hydrogens (tertiary/aromatic N) is 1. The highest BCUT2D eigenvalue weighted by Crippen LogP contribution is 2.45. The van der Waals surface area contributed by atoms with Gasteiger partial charge in [0.15, 0.2) is 0 Å². The maximum absolute atomic E-state index is 13.7. The molecule has 0 radical (unpaired) electrons. The van der Waals surface area contributed by atoms with E-state index in [1.165, 1.54) is 6.42 Å². The zero-order valence-electron chi connectivity index (χ0n) is 19.7. The highest BCUT2D eigenvalue weighted by Gasteiger charge is 2.56. The second-order valence-electron chi connectivity index (χ2n) is 9.29. The Labute approximate surface area is 191 Å². The SMILES string of the molecule is CCOC(=O)C1C(C)C(C(=O)NC(C)C)N(C(=O)NC2CCCCC2)C1c1ccccc1. The van der Waals surface area contributed by atoms with Crippen LogP contribution >= 0.6 is 0 Å². The highest BCUT2D eigenvalue weighted by atomic mass is 16.5. The summed E-state index contributed by atoms with van der Waals surface area (Å²) in [4.78, 5) is 41.6. The van der Waals surface area contributed by atoms with Gasteiger partial charge in [-0.1, -0.05) is 56.5 Å². The Hall–Kier alpha value is -2.57. The minimum absolute atomic E-state index is 0.0743. The predicted molar refractivity (Wildman–Crippen MR) is 123 cm³/mol. The number of urea groups is 1. The number of hydrogen-bond donors (Lipinski definition) is 2. The third-order valence-corrected chi connectivity index (χ3v) is 6.57. The number of ether oxygens (including phenoxy) is 1. The van der Waals surface area contributed by atoms with Crippen LogP contribution in [0.3, 0.4) is 0 Å². The number of nitrogens with one attached hydrogen (secondary N) is 2. The number of likely N-dealkylation sites (tertiary alicyclic amines) is 1. The topological polar surface area (TPSA) is 87.7 Å². The monoisotopic (exact) mass is 443 g/mol. The van der Waals surface area contributed by atoms with E-state index in [-0.39, 0.29) is 36.6 Å². The summed E-state index contributed by atoms with van der Waals surface area (Å²) >= 11 is 0. The third-order valence-electron chi connectivity index (χ3n) is 6.57. The molecule has 1 saturated carbocycles. The largest absolute Gasteiger partial charge is 0.466 e. The van der Waals surface area contributed by atoms with Gasteiger partial charge in [0.25, 0.3) is 0 Å². The number of esters is 1. The Balaban J connectivity index is 2.02. The van der Waals surface area contributed by atoms with Gasteiger partial charge in [0.2, 0.25) is 5.91 Å². The molecule has 1 saturated heterocycles. The van der Waals surface area contributed by atoms with Crippen molar-refractivity contribution in [3.8, 4) is 0 Å². The van der Waals surface area contributed by atoms with E-state index in [0.717, 1.165) is 31.2 Å². The van der Waals surface area contributed by atoms with Gasteiger partial charge in [0.05, 0.1) is 18.6 Å². The fraction of sp³-hybridized carbons (Fsp3) is 0.640. The fourth-order valence-corrected chi connectivity index (χ4v) is 5.17. The second kappa shape index (κ2) is 10.8. The normalized spacial score (nSPS) is 26.1. The van der Waals surface area contributed by atoms with E-state index < -0.39 is 23.9 Å². The van der Waals surface area contributed by atoms with Crippen LogP contribution in [0.2, 0.25) is 0 Å². The number of carbonyl (C=O) groups is 3. The minimum Gasteiger partial charge on any atom is -0.466 e. The number of benzene rings is 1. The van der Waals surface area contributed by atoms with Crippen LogP contribution in [0.15, 0.2) is 30.3 Å². The van der Waals surface area contributed by atoms with Crippen molar-refractivity contribution in [3.63, 3.8) is 0 Å². The zero-order chi connectivity index (χ0) is 23.3. The van der Waals surface area contributed by atoms with Crippen molar-refractivity contribution in [2.24, 2.45) is 11.8 Å². The molecule has 176 valence electrons. The van der Waals surface area contributed by atoms with Crippen LogP contribution < -0.4 is 10.6 Å². The summed E-state index contributed by atoms with van der Waals surface area (Å²) < 4.78 is 5.41. The molecular formula is C25H37N3O4. The van der Waals surface area contributed by atoms with Gasteiger partial charge in [-0.15, -0.1) is 0 Å². The van der Waals surface area contributed by atoms with Gasteiger partial charge in [-0.25, -0.2) is 4.79 Å². The van der Waals surface area contributed by atoms with Gasteiger partial charge in [-0.3, -0.25) is 9.59 Å². The minimum atomic E-state index is -0.763. The number of rotatable bonds is 6. The van der Waals surface area contributed by atoms with E-state index in [4.69, 9.17) is 4.74 Å². The first kappa shape index (κ1) is 24.1. The molecule has 2 fully saturated rings. The average Bonchev–Trinajstić information content (AvgIpc) is 3.08. The van der Waals surface area contributed by atoms with Crippen molar-refractivity contribution in [1.82, 2.24) is 15.5 Å². The Morgan fingerprint density at radius 3 is 2.34 bits per heavy atom. The average molecular weight is 444 g/mol. The first-order chi connectivity index (χ1) is 15.3. The lowest BCUT2D eigenvalue weighted by atomic mass is 9.85. The van der Waals surface area contributed by atoms with Crippen LogP contribution in [-0.2, 0) is 14.3 Å². The summed E-state index contributed by atoms with van der Waals surface area (Å²) in [6.07, 6.45) is 5.24. The fourth-order valence-electron chi connectivity index (χ4n) is 5.17. The smallest absolute Gasteiger partial charge is 0.318 e. The van der Waals surface area contributed by atoms with Crippen molar-refractivity contribution in [3.05, 3.63) is 35.9 Å². The second-order valence-corrected chi connectivity index (χ2v) is 9.29. The standard InChI is InChI=1S/C25H37N3O4/c1-5-32-24(30)20-17(4)21(23(29)26-16(2)3)28(22(20)18-12-8-6-9-13-18)25(31)27-19-14-10-7-11-15-19/h6,8-9,12-13,16-17,19-22H,5,7,10-11,14-15H2,1-4H3,(H,26,29)(H,27,31). The molecule has 1 aromatic rings. The molecule has 4 atom stereocenters. The van der Waals surface area contributed by atoms with Gasteiger partial charge >= 0.3 is 12.0 Å². The molecular weight excluding hydrogens is 406 g/mol. The van der Waals surface area contributed by atoms with E-state index in [2.05, 4.69) is 10.6 Å². The van der Waals surface area contributed by atoms with Crippen LogP contribution in [0.25, 0.3) is 0 Å². The van der Waals surface area contributed by atoms with Gasteiger partial charge in [-0.2, -0.15) is 0 Å². The number of hydrogen-bond acceptors (Lipinski definition) is 4. The summed E-state index contributed by atoms with van der Waals surface area (Å²) in [5.74, 6) is -1.63. The molecule has 3 amide bonds. The van der Waals surface area contributed by atoms with Crippen LogP contribution in [0.5, 0.6) is 0 Å². The van der Waals surface area contributed by atoms with Gasteiger partial charge in [-0.05, 0) is 39.2 Å². The van der Waals surface area contributed by atoms with Crippen LogP contribution in [0.4, 0.5) is 4.79 Å². The number of carbonyl (C=O) groups excluding carboxylic acids is 3. The molecule has 32 heavy (non-hydrogen) atoms. The summed E-state index contributed by atoms with van der Waals surface area (Å²) in [5.41, 5.74) is 0.830. The molecule has 0 bridgehead atoms. The Bertz CT molecular complexity index is 792. The van der Waals surface area contributed by atoms with Gasteiger partial charge in [0.1, 0.15) is 6.04 Å². The van der Waals surface area contributed by atoms with E-state index in [0.29, 0.717) is 0 Å². The quantitative estimate of drug-likeness (QED) is 0.655. The Morgan fingerprint density at radius 1 is 1.09 bits per heavy atom. The predicted octanol–water partition coefficient (Wildman–Crippen LogP) is 3.79. The Kier molecular flexibility index (Phi) is 8.15. The molecule has 1 aliphatic carbocycles. The van der Waals surface area contributed by atoms with Crippen molar-refractivity contribution >= 4 is 17.9 Å². The first-order valence-electron chi connectivity index (χ1n) is 12.0. The molecule has 1 aromatic carbocycles. The molecule has 1 heterocycles. The van der Waals surface area contributed by atoms with Crippen LogP contribution in [0.1, 0.15) is 71.4 Å². The van der Waals surface area contributed by atoms with Gasteiger partial charge in [0, 0.05) is 18.0 Å². The lowest BCUT2D eigenvalue weighted by molar-refractivity contribution is -0.150. The molecule has 1 aliphatic heterocycles. The van der Waals surface area contributed by atoms with Crippen molar-refractivity contribution in [1.29, 1.82) is 0 Å². The van der Waals surface area contributed by atoms with E-state index >= 15 is 0 Å². The third kappa shape index (κ3) is 5.25. The Morgan fingerprint density at radius 2 is 1.75 bits per heavy atom. The highest BCUT2D eigenvalue weighted by molar-refractivity contribution is 5.91. The van der Waals surface area contributed by atoms with Crippen LogP contribution in [0, 0.1) is 11.8 Å². The first-order valence-corrected chi connectivity index (χ1v) is 12.0. The van der Waals surface area contributed by atoms with E-state index in [9.17, 15) is 14.4 Å². The van der Waals surface area contributed by atoms with Crippen molar-refractivity contribution in [2.45, 2.75) is 84.0 Å². The van der Waals surface area contributed by atoms with Gasteiger partial charge < -0.3 is 20.3 Å². The maximum atomic E-state index is 13.7. The van der Waals surface area contributed by atoms with E-state index in [1.54, 1.807) is 11.8 Å². The zero-order valence-corrected chi connectivity index (χ0v) is 19.7. The summed E-state index contributed by atoms with van der Waals surface area (Å²) in [6, 6.07) is 7.90. The molecule has 2 aliphatic rings. The summed E-state index contributed by atoms with van der Waals surface area (Å²) in [6.45, 7) is 7.67. The lowest BCUT2D eigenvalue weighted by Gasteiger charge is -2.34. The van der Waals surface area contributed by atoms with Crippen LogP contribution in [-0.4, -0.2) is 47.5 Å². The van der Waals surface area contributed by atoms with E-state index in [1.807, 2.05) is 51.1 Å². The molecule has 0 aromatic heterocycles. The van der Waals surface area contributed by atoms with Crippen molar-refractivity contribution in [2.75, 3.05) is 6.61 Å². The molecule has 0 spiro atoms. The molecule has 3 rings (SSSR count). The molecule has 7 nitrogen and oxygen atoms in total. The lowest BCUT2D eigenvalue weighted by Crippen LogP contribution is -2.54. The molecule has 4 unspecified atom stereocenters. The maximum Gasteiger partial charge on any atom is 0.318 e. The summed E-state index contributed by atoms with van der Waals surface area (Å²) in [7, 11) is 0. The van der Waals surface area contributed by atoms with Crippen molar-refractivity contribution < 1.29 is 19.1 Å². The molecule has 7 heteroatoms. The number of amides is 3. The summed E-state index contributed by atoms with van der Waals surface area (Å²) in [5, 5.41) is 6.12. The molecule has 2 N–H and O–H groups in total.